The van der Waals surface area contributed by atoms with Crippen molar-refractivity contribution < 1.29 is 0 Å². The molecule has 76 valence electrons. The normalized spacial score (nSPS) is 28.1. The van der Waals surface area contributed by atoms with E-state index in [1.54, 1.807) is 0 Å². The molecule has 2 N–H and O–H groups in total. The average Bonchev–Trinajstić information content (AvgIpc) is 2.75. The molecule has 4 heteroatoms. The Labute approximate surface area is 83.7 Å². The van der Waals surface area contributed by atoms with E-state index in [4.69, 9.17) is 0 Å². The summed E-state index contributed by atoms with van der Waals surface area (Å²) in [6.07, 6.45) is 7.86. The van der Waals surface area contributed by atoms with Crippen molar-refractivity contribution in [2.45, 2.75) is 31.3 Å². The van der Waals surface area contributed by atoms with Gasteiger partial charge in [-0.1, -0.05) is 0 Å². The van der Waals surface area contributed by atoms with Gasteiger partial charge in [0.2, 0.25) is 0 Å². The van der Waals surface area contributed by atoms with Gasteiger partial charge < -0.3 is 5.32 Å². The predicted molar refractivity (Wildman–Crippen MR) is 55.2 cm³/mol. The van der Waals surface area contributed by atoms with Gasteiger partial charge in [0.05, 0.1) is 11.9 Å². The topological polar surface area (TPSA) is 44.0 Å². The molecule has 0 radical (unpaired) electrons. The van der Waals surface area contributed by atoms with Gasteiger partial charge in [-0.2, -0.15) is 5.10 Å². The molecule has 1 saturated heterocycles. The SMILES string of the molecule is c1n[nH]cc1NC1CCN(C2CC2)C1. The van der Waals surface area contributed by atoms with Gasteiger partial charge in [0.25, 0.3) is 0 Å². The van der Waals surface area contributed by atoms with E-state index in [1.807, 2.05) is 12.4 Å². The first-order valence-corrected chi connectivity index (χ1v) is 5.41. The Morgan fingerprint density at radius 2 is 2.36 bits per heavy atom. The third-order valence-electron chi connectivity index (χ3n) is 3.15. The minimum atomic E-state index is 0.619. The van der Waals surface area contributed by atoms with Gasteiger partial charge in [-0.3, -0.25) is 10.00 Å². The summed E-state index contributed by atoms with van der Waals surface area (Å²) in [6.45, 7) is 2.47. The maximum atomic E-state index is 3.93. The zero-order valence-corrected chi connectivity index (χ0v) is 8.24. The summed E-state index contributed by atoms with van der Waals surface area (Å²) in [5.41, 5.74) is 1.12. The maximum Gasteiger partial charge on any atom is 0.0726 e. The Kier molecular flexibility index (Phi) is 1.94. The van der Waals surface area contributed by atoms with Crippen molar-refractivity contribution >= 4 is 5.69 Å². The van der Waals surface area contributed by atoms with Gasteiger partial charge in [0, 0.05) is 31.4 Å². The summed E-state index contributed by atoms with van der Waals surface area (Å²) in [5, 5.41) is 10.3. The molecule has 2 fully saturated rings. The third-order valence-corrected chi connectivity index (χ3v) is 3.15. The van der Waals surface area contributed by atoms with Crippen LogP contribution in [0.2, 0.25) is 0 Å². The van der Waals surface area contributed by atoms with Crippen LogP contribution >= 0.6 is 0 Å². The van der Waals surface area contributed by atoms with Gasteiger partial charge in [0.1, 0.15) is 0 Å². The van der Waals surface area contributed by atoms with Crippen LogP contribution in [0.5, 0.6) is 0 Å². The zero-order valence-electron chi connectivity index (χ0n) is 8.24. The first kappa shape index (κ1) is 8.29. The molecule has 1 aliphatic carbocycles. The molecule has 1 aliphatic heterocycles. The highest BCUT2D eigenvalue weighted by Gasteiger charge is 2.34. The summed E-state index contributed by atoms with van der Waals surface area (Å²) in [6, 6.07) is 1.53. The number of rotatable bonds is 3. The quantitative estimate of drug-likeness (QED) is 0.752. The van der Waals surface area contributed by atoms with Crippen LogP contribution in [0.25, 0.3) is 0 Å². The smallest absolute Gasteiger partial charge is 0.0726 e. The fourth-order valence-corrected chi connectivity index (χ4v) is 2.24. The molecule has 1 aromatic heterocycles. The molecule has 1 atom stereocenters. The molecule has 2 heterocycles. The molecule has 0 spiro atoms. The lowest BCUT2D eigenvalue weighted by Gasteiger charge is -2.15. The van der Waals surface area contributed by atoms with Crippen LogP contribution in [0, 0.1) is 0 Å². The standard InChI is InChI=1S/C10H16N4/c1-2-10(1)14-4-3-8(7-14)13-9-5-11-12-6-9/h5-6,8,10,13H,1-4,7H2,(H,11,12). The zero-order chi connectivity index (χ0) is 9.38. The average molecular weight is 192 g/mol. The number of nitrogens with one attached hydrogen (secondary N) is 2. The first-order valence-electron chi connectivity index (χ1n) is 5.41. The van der Waals surface area contributed by atoms with Gasteiger partial charge in [-0.05, 0) is 19.3 Å². The van der Waals surface area contributed by atoms with E-state index in [-0.39, 0.29) is 0 Å². The van der Waals surface area contributed by atoms with Crippen molar-refractivity contribution in [2.24, 2.45) is 0 Å². The fourth-order valence-electron chi connectivity index (χ4n) is 2.24. The number of H-pyrrole nitrogens is 1. The lowest BCUT2D eigenvalue weighted by atomic mass is 10.2. The molecule has 1 unspecified atom stereocenters. The highest BCUT2D eigenvalue weighted by molar-refractivity contribution is 5.39. The molecule has 3 rings (SSSR count). The van der Waals surface area contributed by atoms with E-state index in [2.05, 4.69) is 20.4 Å². The summed E-state index contributed by atoms with van der Waals surface area (Å²) >= 11 is 0. The fraction of sp³-hybridized carbons (Fsp3) is 0.700. The van der Waals surface area contributed by atoms with Crippen molar-refractivity contribution in [1.29, 1.82) is 0 Å². The lowest BCUT2D eigenvalue weighted by molar-refractivity contribution is 0.326. The van der Waals surface area contributed by atoms with E-state index in [0.717, 1.165) is 11.7 Å². The van der Waals surface area contributed by atoms with Crippen LogP contribution in [-0.4, -0.2) is 40.3 Å². The van der Waals surface area contributed by atoms with Crippen LogP contribution in [0.4, 0.5) is 5.69 Å². The molecule has 4 nitrogen and oxygen atoms in total. The Morgan fingerprint density at radius 1 is 1.43 bits per heavy atom. The molecular formula is C10H16N4. The summed E-state index contributed by atoms with van der Waals surface area (Å²) in [5.74, 6) is 0. The van der Waals surface area contributed by atoms with E-state index in [0.29, 0.717) is 6.04 Å². The van der Waals surface area contributed by atoms with Crippen LogP contribution in [0.15, 0.2) is 12.4 Å². The molecule has 2 aliphatic rings. The Hall–Kier alpha value is -1.03. The van der Waals surface area contributed by atoms with E-state index < -0.39 is 0 Å². The number of anilines is 1. The Morgan fingerprint density at radius 3 is 3.07 bits per heavy atom. The molecule has 1 saturated carbocycles. The number of nitrogens with zero attached hydrogens (tertiary/aromatic N) is 2. The van der Waals surface area contributed by atoms with E-state index in [1.165, 1.54) is 32.4 Å². The summed E-state index contributed by atoms with van der Waals surface area (Å²) < 4.78 is 0. The summed E-state index contributed by atoms with van der Waals surface area (Å²) in [7, 11) is 0. The number of likely N-dealkylation sites (tertiary alicyclic amines) is 1. The van der Waals surface area contributed by atoms with Gasteiger partial charge >= 0.3 is 0 Å². The predicted octanol–water partition coefficient (Wildman–Crippen LogP) is 1.06. The highest BCUT2D eigenvalue weighted by Crippen LogP contribution is 2.30. The second-order valence-corrected chi connectivity index (χ2v) is 4.34. The van der Waals surface area contributed by atoms with Crippen molar-refractivity contribution in [1.82, 2.24) is 15.1 Å². The van der Waals surface area contributed by atoms with Crippen LogP contribution < -0.4 is 5.32 Å². The van der Waals surface area contributed by atoms with Crippen LogP contribution in [-0.2, 0) is 0 Å². The van der Waals surface area contributed by atoms with Gasteiger partial charge in [-0.25, -0.2) is 0 Å². The monoisotopic (exact) mass is 192 g/mol. The molecule has 1 aromatic rings. The molecule has 0 bridgehead atoms. The Bertz CT molecular complexity index is 291. The number of aromatic amines is 1. The minimum Gasteiger partial charge on any atom is -0.378 e. The highest BCUT2D eigenvalue weighted by atomic mass is 15.2. The molecular weight excluding hydrogens is 176 g/mol. The second kappa shape index (κ2) is 3.28. The third kappa shape index (κ3) is 1.62. The van der Waals surface area contributed by atoms with Crippen LogP contribution in [0.1, 0.15) is 19.3 Å². The van der Waals surface area contributed by atoms with Gasteiger partial charge in [-0.15, -0.1) is 0 Å². The first-order chi connectivity index (χ1) is 6.92. The Balaban J connectivity index is 1.55. The van der Waals surface area contributed by atoms with Crippen molar-refractivity contribution in [3.63, 3.8) is 0 Å². The number of aromatic nitrogens is 2. The van der Waals surface area contributed by atoms with Crippen molar-refractivity contribution in [2.75, 3.05) is 18.4 Å². The summed E-state index contributed by atoms with van der Waals surface area (Å²) in [4.78, 5) is 2.61. The minimum absolute atomic E-state index is 0.619. The molecule has 14 heavy (non-hydrogen) atoms. The largest absolute Gasteiger partial charge is 0.378 e. The van der Waals surface area contributed by atoms with Crippen LogP contribution in [0.3, 0.4) is 0 Å². The molecule has 0 amide bonds. The van der Waals surface area contributed by atoms with Gasteiger partial charge in [0.15, 0.2) is 0 Å². The van der Waals surface area contributed by atoms with E-state index in [9.17, 15) is 0 Å². The second-order valence-electron chi connectivity index (χ2n) is 4.34. The maximum absolute atomic E-state index is 3.93. The van der Waals surface area contributed by atoms with E-state index >= 15 is 0 Å². The molecule has 0 aromatic carbocycles. The van der Waals surface area contributed by atoms with Crippen molar-refractivity contribution in [3.8, 4) is 0 Å². The number of hydrogen-bond donors (Lipinski definition) is 2. The number of hydrogen-bond acceptors (Lipinski definition) is 3. The van der Waals surface area contributed by atoms with Crippen molar-refractivity contribution in [3.05, 3.63) is 12.4 Å². The lowest BCUT2D eigenvalue weighted by Crippen LogP contribution is -2.27.